The average molecular weight is 280 g/mol. The van der Waals surface area contributed by atoms with Gasteiger partial charge in [0.05, 0.1) is 0 Å². The van der Waals surface area contributed by atoms with Crippen molar-refractivity contribution >= 4 is 11.6 Å². The van der Waals surface area contributed by atoms with E-state index in [2.05, 4.69) is 0 Å². The zero-order chi connectivity index (χ0) is 13.8. The minimum absolute atomic E-state index is 0.344. The van der Waals surface area contributed by atoms with E-state index in [0.717, 1.165) is 5.56 Å². The van der Waals surface area contributed by atoms with Gasteiger partial charge in [0.25, 0.3) is 0 Å². The van der Waals surface area contributed by atoms with Crippen LogP contribution in [-0.4, -0.2) is 0 Å². The first-order valence-corrected chi connectivity index (χ1v) is 6.37. The van der Waals surface area contributed by atoms with E-state index in [4.69, 9.17) is 22.1 Å². The van der Waals surface area contributed by atoms with Gasteiger partial charge in [0, 0.05) is 16.6 Å². The Kier molecular flexibility index (Phi) is 4.40. The second-order valence-corrected chi connectivity index (χ2v) is 4.79. The van der Waals surface area contributed by atoms with Gasteiger partial charge in [-0.1, -0.05) is 29.8 Å². The van der Waals surface area contributed by atoms with E-state index in [1.165, 1.54) is 6.07 Å². The largest absolute Gasteiger partial charge is 0.488 e. The number of nitrogens with two attached hydrogens (primary N) is 1. The molecule has 0 aliphatic rings. The second kappa shape index (κ2) is 6.04. The highest BCUT2D eigenvalue weighted by Crippen LogP contribution is 2.27. The zero-order valence-corrected chi connectivity index (χ0v) is 11.3. The van der Waals surface area contributed by atoms with E-state index in [9.17, 15) is 4.39 Å². The predicted octanol–water partition coefficient (Wildman–Crippen LogP) is 4.08. The average Bonchev–Trinajstić information content (AvgIpc) is 2.37. The number of ether oxygens (including phenoxy) is 1. The van der Waals surface area contributed by atoms with Crippen LogP contribution in [0.3, 0.4) is 0 Å². The van der Waals surface area contributed by atoms with Gasteiger partial charge in [-0.3, -0.25) is 0 Å². The Bertz CT molecular complexity index is 555. The molecule has 0 aliphatic carbocycles. The van der Waals surface area contributed by atoms with Gasteiger partial charge >= 0.3 is 0 Å². The molecule has 0 aromatic heterocycles. The Labute approximate surface area is 117 Å². The minimum Gasteiger partial charge on any atom is -0.488 e. The van der Waals surface area contributed by atoms with Crippen LogP contribution in [-0.2, 0) is 6.61 Å². The maximum absolute atomic E-state index is 13.7. The molecule has 0 radical (unpaired) electrons. The number of hydrogen-bond acceptors (Lipinski definition) is 2. The molecule has 1 atom stereocenters. The second-order valence-electron chi connectivity index (χ2n) is 4.36. The fraction of sp³-hybridized carbons (Fsp3) is 0.200. The number of halogens is 2. The molecule has 0 amide bonds. The lowest BCUT2D eigenvalue weighted by atomic mass is 10.1. The quantitative estimate of drug-likeness (QED) is 0.915. The molecule has 0 aliphatic heterocycles. The van der Waals surface area contributed by atoms with Crippen molar-refractivity contribution in [3.8, 4) is 5.75 Å². The van der Waals surface area contributed by atoms with E-state index in [0.29, 0.717) is 22.9 Å². The first-order valence-electron chi connectivity index (χ1n) is 5.99. The molecule has 0 fully saturated rings. The Morgan fingerprint density at radius 1 is 1.21 bits per heavy atom. The van der Waals surface area contributed by atoms with Crippen LogP contribution in [0, 0.1) is 5.82 Å². The van der Waals surface area contributed by atoms with Crippen LogP contribution in [0.5, 0.6) is 5.75 Å². The van der Waals surface area contributed by atoms with Crippen LogP contribution in [0.4, 0.5) is 4.39 Å². The number of rotatable bonds is 4. The monoisotopic (exact) mass is 279 g/mol. The normalized spacial score (nSPS) is 12.2. The molecular weight excluding hydrogens is 265 g/mol. The molecule has 0 bridgehead atoms. The molecule has 2 rings (SSSR count). The van der Waals surface area contributed by atoms with Crippen molar-refractivity contribution in [2.75, 3.05) is 0 Å². The van der Waals surface area contributed by atoms with Crippen molar-refractivity contribution in [2.24, 2.45) is 5.73 Å². The standard InChI is InChI=1S/C15H15ClFNO/c1-10(18)15-13(17)3-2-4-14(15)19-9-11-5-7-12(16)8-6-11/h2-8,10H,9,18H2,1H3/t10-/m0/s1. The molecule has 4 heteroatoms. The highest BCUT2D eigenvalue weighted by atomic mass is 35.5. The van der Waals surface area contributed by atoms with Crippen LogP contribution >= 0.6 is 11.6 Å². The predicted molar refractivity (Wildman–Crippen MR) is 74.8 cm³/mol. The molecule has 19 heavy (non-hydrogen) atoms. The smallest absolute Gasteiger partial charge is 0.131 e. The molecule has 2 aromatic rings. The molecule has 2 N–H and O–H groups in total. The topological polar surface area (TPSA) is 35.2 Å². The van der Waals surface area contributed by atoms with Gasteiger partial charge in [0.2, 0.25) is 0 Å². The summed E-state index contributed by atoms with van der Waals surface area (Å²) in [6.45, 7) is 2.08. The van der Waals surface area contributed by atoms with E-state index in [-0.39, 0.29) is 5.82 Å². The van der Waals surface area contributed by atoms with Gasteiger partial charge in [-0.25, -0.2) is 4.39 Å². The van der Waals surface area contributed by atoms with E-state index < -0.39 is 6.04 Å². The summed E-state index contributed by atoms with van der Waals surface area (Å²) in [5.74, 6) is 0.133. The molecular formula is C15H15ClFNO. The Hall–Kier alpha value is -1.58. The third kappa shape index (κ3) is 3.46. The first-order chi connectivity index (χ1) is 9.08. The Balaban J connectivity index is 2.15. The molecule has 0 spiro atoms. The highest BCUT2D eigenvalue weighted by Gasteiger charge is 2.13. The summed E-state index contributed by atoms with van der Waals surface area (Å²) in [4.78, 5) is 0. The molecule has 2 nitrogen and oxygen atoms in total. The lowest BCUT2D eigenvalue weighted by Gasteiger charge is -2.14. The van der Waals surface area contributed by atoms with Crippen LogP contribution < -0.4 is 10.5 Å². The summed E-state index contributed by atoms with van der Waals surface area (Å²) in [5.41, 5.74) is 7.13. The SMILES string of the molecule is C[C@H](N)c1c(F)cccc1OCc1ccc(Cl)cc1. The molecule has 0 heterocycles. The van der Waals surface area contributed by atoms with Crippen molar-refractivity contribution in [3.63, 3.8) is 0 Å². The van der Waals surface area contributed by atoms with Crippen LogP contribution in [0.15, 0.2) is 42.5 Å². The number of hydrogen-bond donors (Lipinski definition) is 1. The van der Waals surface area contributed by atoms with Gasteiger partial charge in [0.1, 0.15) is 18.2 Å². The molecule has 2 aromatic carbocycles. The van der Waals surface area contributed by atoms with E-state index in [1.54, 1.807) is 31.2 Å². The van der Waals surface area contributed by atoms with Crippen molar-refractivity contribution < 1.29 is 9.13 Å². The van der Waals surface area contributed by atoms with Crippen molar-refractivity contribution in [3.05, 3.63) is 64.4 Å². The third-order valence-corrected chi connectivity index (χ3v) is 3.03. The summed E-state index contributed by atoms with van der Waals surface area (Å²) in [5, 5.41) is 0.672. The van der Waals surface area contributed by atoms with Crippen molar-refractivity contribution in [1.82, 2.24) is 0 Å². The minimum atomic E-state index is -0.415. The van der Waals surface area contributed by atoms with Crippen LogP contribution in [0.25, 0.3) is 0 Å². The van der Waals surface area contributed by atoms with Crippen molar-refractivity contribution in [2.45, 2.75) is 19.6 Å². The van der Waals surface area contributed by atoms with Crippen LogP contribution in [0.2, 0.25) is 5.02 Å². The lowest BCUT2D eigenvalue weighted by molar-refractivity contribution is 0.299. The lowest BCUT2D eigenvalue weighted by Crippen LogP contribution is -2.10. The third-order valence-electron chi connectivity index (χ3n) is 2.78. The summed E-state index contributed by atoms with van der Waals surface area (Å²) in [7, 11) is 0. The Morgan fingerprint density at radius 2 is 1.89 bits per heavy atom. The van der Waals surface area contributed by atoms with Gasteiger partial charge in [0.15, 0.2) is 0 Å². The summed E-state index contributed by atoms with van der Waals surface area (Å²) in [6, 6.07) is 11.6. The molecule has 100 valence electrons. The summed E-state index contributed by atoms with van der Waals surface area (Å²) < 4.78 is 19.3. The molecule has 0 unspecified atom stereocenters. The fourth-order valence-electron chi connectivity index (χ4n) is 1.83. The van der Waals surface area contributed by atoms with Gasteiger partial charge in [-0.2, -0.15) is 0 Å². The van der Waals surface area contributed by atoms with Gasteiger partial charge in [-0.05, 0) is 36.8 Å². The number of benzene rings is 2. The molecule has 0 saturated heterocycles. The first kappa shape index (κ1) is 13.8. The highest BCUT2D eigenvalue weighted by molar-refractivity contribution is 6.30. The Morgan fingerprint density at radius 3 is 2.53 bits per heavy atom. The summed E-state index contributed by atoms with van der Waals surface area (Å²) >= 11 is 5.81. The van der Waals surface area contributed by atoms with Crippen molar-refractivity contribution in [1.29, 1.82) is 0 Å². The maximum atomic E-state index is 13.7. The van der Waals surface area contributed by atoms with Gasteiger partial charge in [-0.15, -0.1) is 0 Å². The molecule has 0 saturated carbocycles. The maximum Gasteiger partial charge on any atom is 0.131 e. The van der Waals surface area contributed by atoms with Gasteiger partial charge < -0.3 is 10.5 Å². The van der Waals surface area contributed by atoms with E-state index in [1.807, 2.05) is 12.1 Å². The summed E-state index contributed by atoms with van der Waals surface area (Å²) in [6.07, 6.45) is 0. The zero-order valence-electron chi connectivity index (χ0n) is 10.6. The fourth-order valence-corrected chi connectivity index (χ4v) is 1.95. The van der Waals surface area contributed by atoms with E-state index >= 15 is 0 Å². The van der Waals surface area contributed by atoms with Crippen LogP contribution in [0.1, 0.15) is 24.1 Å².